The number of alkyl halides is 2. The second-order valence-electron chi connectivity index (χ2n) is 3.19. The first-order valence-electron chi connectivity index (χ1n) is 3.77. The van der Waals surface area contributed by atoms with Crippen LogP contribution in [0.1, 0.15) is 19.8 Å². The van der Waals surface area contributed by atoms with Crippen LogP contribution in [0.25, 0.3) is 0 Å². The van der Waals surface area contributed by atoms with Crippen LogP contribution in [0.3, 0.4) is 0 Å². The average Bonchev–Trinajstić information content (AvgIpc) is 1.83. The second kappa shape index (κ2) is 2.97. The minimum atomic E-state index is -2.59. The molecule has 70 valence electrons. The zero-order valence-electron chi connectivity index (χ0n) is 6.68. The van der Waals surface area contributed by atoms with E-state index in [2.05, 4.69) is 5.32 Å². The predicted octanol–water partition coefficient (Wildman–Crippen LogP) is 0.847. The van der Waals surface area contributed by atoms with Gasteiger partial charge in [0.25, 0.3) is 5.92 Å². The largest absolute Gasteiger partial charge is 0.480 e. The molecule has 1 saturated carbocycles. The highest BCUT2D eigenvalue weighted by molar-refractivity contribution is 5.72. The van der Waals surface area contributed by atoms with Gasteiger partial charge >= 0.3 is 5.97 Å². The van der Waals surface area contributed by atoms with Crippen molar-refractivity contribution in [2.24, 2.45) is 0 Å². The zero-order chi connectivity index (χ0) is 9.35. The summed E-state index contributed by atoms with van der Waals surface area (Å²) in [5.74, 6) is -3.60. The lowest BCUT2D eigenvalue weighted by Gasteiger charge is -2.36. The average molecular weight is 179 g/mol. The van der Waals surface area contributed by atoms with Crippen LogP contribution in [0, 0.1) is 0 Å². The lowest BCUT2D eigenvalue weighted by molar-refractivity contribution is -0.141. The van der Waals surface area contributed by atoms with Crippen LogP contribution in [0.5, 0.6) is 0 Å². The number of aliphatic carboxylic acids is 1. The van der Waals surface area contributed by atoms with E-state index < -0.39 is 17.9 Å². The van der Waals surface area contributed by atoms with Crippen molar-refractivity contribution in [3.8, 4) is 0 Å². The molecule has 1 unspecified atom stereocenters. The highest BCUT2D eigenvalue weighted by Gasteiger charge is 2.45. The monoisotopic (exact) mass is 179 g/mol. The Hall–Kier alpha value is -0.710. The van der Waals surface area contributed by atoms with Gasteiger partial charge in [-0.25, -0.2) is 8.78 Å². The van der Waals surface area contributed by atoms with Gasteiger partial charge in [0.05, 0.1) is 0 Å². The van der Waals surface area contributed by atoms with Crippen LogP contribution in [0.4, 0.5) is 8.78 Å². The maximum absolute atomic E-state index is 12.3. The van der Waals surface area contributed by atoms with Gasteiger partial charge in [-0.2, -0.15) is 0 Å². The fourth-order valence-corrected chi connectivity index (χ4v) is 1.20. The molecule has 1 aliphatic carbocycles. The summed E-state index contributed by atoms with van der Waals surface area (Å²) >= 11 is 0. The van der Waals surface area contributed by atoms with Gasteiger partial charge in [0.1, 0.15) is 6.04 Å². The van der Waals surface area contributed by atoms with Gasteiger partial charge < -0.3 is 10.4 Å². The minimum absolute atomic E-state index is 0.245. The Bertz CT molecular complexity index is 188. The van der Waals surface area contributed by atoms with Crippen LogP contribution < -0.4 is 5.32 Å². The Kier molecular flexibility index (Phi) is 2.32. The molecule has 12 heavy (non-hydrogen) atoms. The maximum atomic E-state index is 12.3. The smallest absolute Gasteiger partial charge is 0.320 e. The summed E-state index contributed by atoms with van der Waals surface area (Å²) < 4.78 is 24.5. The van der Waals surface area contributed by atoms with E-state index >= 15 is 0 Å². The fourth-order valence-electron chi connectivity index (χ4n) is 1.20. The number of rotatable bonds is 3. The molecule has 1 atom stereocenters. The van der Waals surface area contributed by atoms with Crippen molar-refractivity contribution in [2.45, 2.75) is 37.8 Å². The van der Waals surface area contributed by atoms with Crippen LogP contribution in [-0.2, 0) is 4.79 Å². The van der Waals surface area contributed by atoms with Crippen LogP contribution in [0.15, 0.2) is 0 Å². The number of hydrogen-bond acceptors (Lipinski definition) is 2. The number of carboxylic acids is 1. The molecule has 0 amide bonds. The van der Waals surface area contributed by atoms with E-state index in [0.29, 0.717) is 0 Å². The summed E-state index contributed by atoms with van der Waals surface area (Å²) in [6.07, 6.45) is -0.491. The normalized spacial score (nSPS) is 24.6. The van der Waals surface area contributed by atoms with Crippen molar-refractivity contribution in [1.82, 2.24) is 5.32 Å². The highest BCUT2D eigenvalue weighted by Crippen LogP contribution is 2.37. The molecule has 0 aromatic carbocycles. The Morgan fingerprint density at radius 2 is 2.17 bits per heavy atom. The summed E-state index contributed by atoms with van der Waals surface area (Å²) in [6.45, 7) is 1.44. The summed E-state index contributed by atoms with van der Waals surface area (Å²) in [4.78, 5) is 10.3. The van der Waals surface area contributed by atoms with Gasteiger partial charge in [0.15, 0.2) is 0 Å². The van der Waals surface area contributed by atoms with Gasteiger partial charge in [-0.1, -0.05) is 0 Å². The molecule has 0 aliphatic heterocycles. The highest BCUT2D eigenvalue weighted by atomic mass is 19.3. The molecular weight excluding hydrogens is 168 g/mol. The number of halogens is 2. The maximum Gasteiger partial charge on any atom is 0.320 e. The van der Waals surface area contributed by atoms with Gasteiger partial charge in [-0.3, -0.25) is 4.79 Å². The Labute approximate surface area is 68.8 Å². The van der Waals surface area contributed by atoms with Crippen LogP contribution >= 0.6 is 0 Å². The van der Waals surface area contributed by atoms with E-state index in [1.165, 1.54) is 6.92 Å². The van der Waals surface area contributed by atoms with Crippen molar-refractivity contribution in [1.29, 1.82) is 0 Å². The summed E-state index contributed by atoms with van der Waals surface area (Å²) in [5, 5.41) is 11.0. The van der Waals surface area contributed by atoms with E-state index in [9.17, 15) is 13.6 Å². The SMILES string of the molecule is CC(NC1CC(F)(F)C1)C(=O)O. The molecule has 0 radical (unpaired) electrons. The third kappa shape index (κ3) is 2.14. The Morgan fingerprint density at radius 3 is 2.50 bits per heavy atom. The third-order valence-electron chi connectivity index (χ3n) is 1.95. The lowest BCUT2D eigenvalue weighted by atomic mass is 9.88. The molecule has 0 heterocycles. The van der Waals surface area contributed by atoms with Crippen molar-refractivity contribution in [3.05, 3.63) is 0 Å². The Balaban J connectivity index is 2.23. The fraction of sp³-hybridized carbons (Fsp3) is 0.857. The topological polar surface area (TPSA) is 49.3 Å². The molecule has 0 aromatic rings. The van der Waals surface area contributed by atoms with Crippen molar-refractivity contribution in [3.63, 3.8) is 0 Å². The molecule has 1 rings (SSSR count). The molecule has 1 fully saturated rings. The first-order chi connectivity index (χ1) is 5.41. The number of nitrogens with one attached hydrogen (secondary N) is 1. The van der Waals surface area contributed by atoms with Crippen molar-refractivity contribution < 1.29 is 18.7 Å². The second-order valence-corrected chi connectivity index (χ2v) is 3.19. The molecule has 0 spiro atoms. The standard InChI is InChI=1S/C7H11F2NO2/c1-4(6(11)12)10-5-2-7(8,9)3-5/h4-5,10H,2-3H2,1H3,(H,11,12). The minimum Gasteiger partial charge on any atom is -0.480 e. The van der Waals surface area contributed by atoms with Gasteiger partial charge in [0, 0.05) is 18.9 Å². The van der Waals surface area contributed by atoms with Crippen LogP contribution in [0.2, 0.25) is 0 Å². The number of carboxylic acid groups (broad SMARTS) is 1. The molecule has 0 aromatic heterocycles. The summed E-state index contributed by atoms with van der Waals surface area (Å²) in [7, 11) is 0. The van der Waals surface area contributed by atoms with Gasteiger partial charge in [-0.05, 0) is 6.92 Å². The molecule has 0 saturated heterocycles. The van der Waals surface area contributed by atoms with Crippen molar-refractivity contribution in [2.75, 3.05) is 0 Å². The van der Waals surface area contributed by atoms with Crippen LogP contribution in [-0.4, -0.2) is 29.1 Å². The lowest BCUT2D eigenvalue weighted by Crippen LogP contribution is -2.53. The van der Waals surface area contributed by atoms with Gasteiger partial charge in [-0.15, -0.1) is 0 Å². The molecule has 3 nitrogen and oxygen atoms in total. The van der Waals surface area contributed by atoms with E-state index in [1.807, 2.05) is 0 Å². The molecule has 0 bridgehead atoms. The van der Waals surface area contributed by atoms with Crippen molar-refractivity contribution >= 4 is 5.97 Å². The Morgan fingerprint density at radius 1 is 1.67 bits per heavy atom. The van der Waals surface area contributed by atoms with E-state index in [0.717, 1.165) is 0 Å². The molecule has 2 N–H and O–H groups in total. The predicted molar refractivity (Wildman–Crippen MR) is 38.2 cm³/mol. The molecular formula is C7H11F2NO2. The quantitative estimate of drug-likeness (QED) is 0.675. The first-order valence-corrected chi connectivity index (χ1v) is 3.77. The molecule has 5 heteroatoms. The van der Waals surface area contributed by atoms with E-state index in [4.69, 9.17) is 5.11 Å². The zero-order valence-corrected chi connectivity index (χ0v) is 6.68. The number of carbonyl (C=O) groups is 1. The van der Waals surface area contributed by atoms with Gasteiger partial charge in [0.2, 0.25) is 0 Å². The van der Waals surface area contributed by atoms with E-state index in [-0.39, 0.29) is 18.9 Å². The van der Waals surface area contributed by atoms with E-state index in [1.54, 1.807) is 0 Å². The third-order valence-corrected chi connectivity index (χ3v) is 1.95. The summed E-state index contributed by atoms with van der Waals surface area (Å²) in [5.41, 5.74) is 0. The number of hydrogen-bond donors (Lipinski definition) is 2. The first kappa shape index (κ1) is 9.38. The molecule has 1 aliphatic rings. The summed E-state index contributed by atoms with van der Waals surface area (Å²) in [6, 6.07) is -1.09.